The summed E-state index contributed by atoms with van der Waals surface area (Å²) in [6.07, 6.45) is 9.22. The number of rotatable bonds is 1. The van der Waals surface area contributed by atoms with E-state index in [0.29, 0.717) is 0 Å². The van der Waals surface area contributed by atoms with Crippen LogP contribution in [0, 0.1) is 17.8 Å². The van der Waals surface area contributed by atoms with Gasteiger partial charge in [0.1, 0.15) is 0 Å². The lowest BCUT2D eigenvalue weighted by atomic mass is 9.80. The second-order valence-corrected chi connectivity index (χ2v) is 4.37. The molecule has 0 spiro atoms. The van der Waals surface area contributed by atoms with E-state index in [-0.39, 0.29) is 0 Å². The highest BCUT2D eigenvalue weighted by molar-refractivity contribution is 4.84. The first-order valence-corrected chi connectivity index (χ1v) is 4.86. The second kappa shape index (κ2) is 2.56. The van der Waals surface area contributed by atoms with Gasteiger partial charge in [-0.05, 0) is 37.0 Å². The highest BCUT2D eigenvalue weighted by Gasteiger charge is 2.33. The first kappa shape index (κ1) is 6.69. The smallest absolute Gasteiger partial charge is 0.0383 e. The molecule has 0 aromatic carbocycles. The van der Waals surface area contributed by atoms with Gasteiger partial charge < -0.3 is 0 Å². The van der Waals surface area contributed by atoms with Gasteiger partial charge in [-0.2, -0.15) is 0 Å². The molecule has 0 heterocycles. The summed E-state index contributed by atoms with van der Waals surface area (Å²) in [5, 5.41) is 0. The first-order chi connectivity index (χ1) is 4.86. The van der Waals surface area contributed by atoms with E-state index in [1.54, 1.807) is 25.7 Å². The van der Waals surface area contributed by atoms with Gasteiger partial charge in [0.15, 0.2) is 0 Å². The van der Waals surface area contributed by atoms with E-state index in [4.69, 9.17) is 0 Å². The van der Waals surface area contributed by atoms with Gasteiger partial charge in [0.05, 0.1) is 0 Å². The molecule has 0 saturated heterocycles. The lowest BCUT2D eigenvalue weighted by Crippen LogP contribution is -2.14. The molecular formula is C10H18. The van der Waals surface area contributed by atoms with E-state index in [9.17, 15) is 0 Å². The molecule has 0 N–H and O–H groups in total. The van der Waals surface area contributed by atoms with E-state index in [0.717, 1.165) is 11.8 Å². The van der Waals surface area contributed by atoms with E-state index in [1.165, 1.54) is 18.8 Å². The topological polar surface area (TPSA) is 0 Å². The summed E-state index contributed by atoms with van der Waals surface area (Å²) < 4.78 is 0. The van der Waals surface area contributed by atoms with Crippen LogP contribution in [0.1, 0.15) is 45.4 Å². The Hall–Kier alpha value is 0. The first-order valence-electron chi connectivity index (χ1n) is 4.86. The predicted octanol–water partition coefficient (Wildman–Crippen LogP) is 3.22. The van der Waals surface area contributed by atoms with Crippen LogP contribution in [0.25, 0.3) is 0 Å². The van der Waals surface area contributed by atoms with Crippen molar-refractivity contribution in [3.63, 3.8) is 0 Å². The molecule has 2 saturated carbocycles. The summed E-state index contributed by atoms with van der Waals surface area (Å²) >= 11 is 0. The summed E-state index contributed by atoms with van der Waals surface area (Å²) in [6.45, 7) is 2.43. The van der Waals surface area contributed by atoms with Gasteiger partial charge in [-0.1, -0.05) is 26.2 Å². The van der Waals surface area contributed by atoms with Crippen LogP contribution < -0.4 is 0 Å². The van der Waals surface area contributed by atoms with E-state index in [1.807, 2.05) is 0 Å². The Morgan fingerprint density at radius 1 is 0.900 bits per heavy atom. The highest BCUT2D eigenvalue weighted by atomic mass is 14.4. The number of hydrogen-bond donors (Lipinski definition) is 0. The van der Waals surface area contributed by atoms with E-state index >= 15 is 0 Å². The van der Waals surface area contributed by atoms with Gasteiger partial charge >= 0.3 is 0 Å². The van der Waals surface area contributed by atoms with Gasteiger partial charge in [0.2, 0.25) is 0 Å². The molecule has 0 aliphatic heterocycles. The van der Waals surface area contributed by atoms with Crippen molar-refractivity contribution in [2.24, 2.45) is 17.8 Å². The third-order valence-corrected chi connectivity index (χ3v) is 3.27. The van der Waals surface area contributed by atoms with Crippen LogP contribution in [0.4, 0.5) is 0 Å². The van der Waals surface area contributed by atoms with Crippen molar-refractivity contribution in [2.75, 3.05) is 0 Å². The average Bonchev–Trinajstić information content (AvgIpc) is 2.68. The average molecular weight is 138 g/mol. The Morgan fingerprint density at radius 3 is 2.30 bits per heavy atom. The van der Waals surface area contributed by atoms with Crippen LogP contribution in [0.2, 0.25) is 0 Å². The van der Waals surface area contributed by atoms with E-state index < -0.39 is 0 Å². The Bertz CT molecular complexity index is 113. The summed E-state index contributed by atoms with van der Waals surface area (Å²) in [4.78, 5) is 0. The molecule has 0 aromatic rings. The monoisotopic (exact) mass is 138 g/mol. The zero-order chi connectivity index (χ0) is 6.97. The second-order valence-electron chi connectivity index (χ2n) is 4.37. The van der Waals surface area contributed by atoms with E-state index in [2.05, 4.69) is 6.92 Å². The summed E-state index contributed by atoms with van der Waals surface area (Å²) in [6, 6.07) is 0. The fraction of sp³-hybridized carbons (Fsp3) is 1.00. The van der Waals surface area contributed by atoms with Crippen molar-refractivity contribution in [1.29, 1.82) is 0 Å². The quantitative estimate of drug-likeness (QED) is 0.522. The van der Waals surface area contributed by atoms with Crippen LogP contribution in [0.15, 0.2) is 0 Å². The minimum Gasteiger partial charge on any atom is -0.0625 e. The van der Waals surface area contributed by atoms with Gasteiger partial charge in [-0.3, -0.25) is 0 Å². The van der Waals surface area contributed by atoms with Gasteiger partial charge in [0, 0.05) is 0 Å². The Balaban J connectivity index is 1.84. The van der Waals surface area contributed by atoms with Crippen molar-refractivity contribution in [3.05, 3.63) is 0 Å². The molecule has 0 heteroatoms. The molecular weight excluding hydrogens is 120 g/mol. The molecule has 0 radical (unpaired) electrons. The fourth-order valence-electron chi connectivity index (χ4n) is 2.48. The van der Waals surface area contributed by atoms with Crippen LogP contribution in [0.5, 0.6) is 0 Å². The maximum atomic E-state index is 2.43. The van der Waals surface area contributed by atoms with Gasteiger partial charge in [0.25, 0.3) is 0 Å². The lowest BCUT2D eigenvalue weighted by Gasteiger charge is -2.26. The molecule has 2 rings (SSSR count). The number of hydrogen-bond acceptors (Lipinski definition) is 0. The Kier molecular flexibility index (Phi) is 1.71. The largest absolute Gasteiger partial charge is 0.0625 e. The molecule has 2 aliphatic rings. The van der Waals surface area contributed by atoms with Crippen LogP contribution >= 0.6 is 0 Å². The molecule has 1 unspecified atom stereocenters. The SMILES string of the molecule is C[C@@H]1CCCC(C2CC2)C1. The fourth-order valence-corrected chi connectivity index (χ4v) is 2.48. The molecule has 58 valence electrons. The lowest BCUT2D eigenvalue weighted by molar-refractivity contribution is 0.257. The standard InChI is InChI=1S/C10H18/c1-8-3-2-4-10(7-8)9-5-6-9/h8-10H,2-7H2,1H3/t8-,10?/m1/s1. The molecule has 0 nitrogen and oxygen atoms in total. The Morgan fingerprint density at radius 2 is 1.70 bits per heavy atom. The molecule has 0 aromatic heterocycles. The third-order valence-electron chi connectivity index (χ3n) is 3.27. The van der Waals surface area contributed by atoms with Crippen molar-refractivity contribution in [2.45, 2.75) is 45.4 Å². The van der Waals surface area contributed by atoms with Crippen molar-refractivity contribution in [1.82, 2.24) is 0 Å². The molecule has 0 amide bonds. The summed E-state index contributed by atoms with van der Waals surface area (Å²) in [7, 11) is 0. The van der Waals surface area contributed by atoms with Crippen molar-refractivity contribution in [3.8, 4) is 0 Å². The zero-order valence-corrected chi connectivity index (χ0v) is 6.97. The normalized spacial score (nSPS) is 41.7. The van der Waals surface area contributed by atoms with Crippen LogP contribution in [-0.4, -0.2) is 0 Å². The summed E-state index contributed by atoms with van der Waals surface area (Å²) in [5.74, 6) is 3.35. The van der Waals surface area contributed by atoms with Gasteiger partial charge in [-0.25, -0.2) is 0 Å². The predicted molar refractivity (Wildman–Crippen MR) is 43.8 cm³/mol. The van der Waals surface area contributed by atoms with Crippen molar-refractivity contribution < 1.29 is 0 Å². The minimum absolute atomic E-state index is 1.04. The Labute approximate surface area is 64.0 Å². The van der Waals surface area contributed by atoms with Gasteiger partial charge in [-0.15, -0.1) is 0 Å². The highest BCUT2D eigenvalue weighted by Crippen LogP contribution is 2.45. The van der Waals surface area contributed by atoms with Crippen LogP contribution in [-0.2, 0) is 0 Å². The maximum Gasteiger partial charge on any atom is -0.0383 e. The molecule has 10 heavy (non-hydrogen) atoms. The molecule has 2 aliphatic carbocycles. The minimum atomic E-state index is 1.04. The third kappa shape index (κ3) is 1.36. The molecule has 2 atom stereocenters. The maximum absolute atomic E-state index is 2.43. The zero-order valence-electron chi connectivity index (χ0n) is 6.97. The molecule has 2 fully saturated rings. The van der Waals surface area contributed by atoms with Crippen LogP contribution in [0.3, 0.4) is 0 Å². The summed E-state index contributed by atoms with van der Waals surface area (Å²) in [5.41, 5.74) is 0. The molecule has 0 bridgehead atoms. The van der Waals surface area contributed by atoms with Crippen molar-refractivity contribution >= 4 is 0 Å².